The fraction of sp³-hybridized carbons (Fsp3) is 0.429. The number of nitriles is 1. The Morgan fingerprint density at radius 3 is 2.92 bits per heavy atom. The summed E-state index contributed by atoms with van der Waals surface area (Å²) >= 11 is 1.29. The lowest BCUT2D eigenvalue weighted by atomic mass is 10.3. The zero-order chi connectivity index (χ0) is 8.97. The van der Waals surface area contributed by atoms with E-state index in [0.717, 1.165) is 5.01 Å². The van der Waals surface area contributed by atoms with Crippen LogP contribution in [-0.2, 0) is 6.42 Å². The molecule has 0 saturated carbocycles. The molecule has 0 aliphatic heterocycles. The molecule has 1 aromatic heterocycles. The van der Waals surface area contributed by atoms with Gasteiger partial charge >= 0.3 is 0 Å². The molecule has 0 spiro atoms. The molecular weight excluding hydrogens is 174 g/mol. The number of anilines is 1. The molecule has 1 rings (SSSR count). The highest BCUT2D eigenvalue weighted by molar-refractivity contribution is 7.12. The molecule has 3 N–H and O–H groups in total. The van der Waals surface area contributed by atoms with E-state index in [-0.39, 0.29) is 6.61 Å². The van der Waals surface area contributed by atoms with Gasteiger partial charge < -0.3 is 10.8 Å². The van der Waals surface area contributed by atoms with Crippen molar-refractivity contribution in [1.29, 1.82) is 5.26 Å². The highest BCUT2D eigenvalue weighted by atomic mass is 32.1. The molecule has 0 saturated heterocycles. The fourth-order valence-corrected chi connectivity index (χ4v) is 1.62. The van der Waals surface area contributed by atoms with Crippen molar-refractivity contribution in [2.45, 2.75) is 12.8 Å². The summed E-state index contributed by atoms with van der Waals surface area (Å²) in [6.07, 6.45) is 1.35. The van der Waals surface area contributed by atoms with Gasteiger partial charge in [0.25, 0.3) is 0 Å². The van der Waals surface area contributed by atoms with Gasteiger partial charge in [-0.25, -0.2) is 4.98 Å². The number of nitrogens with zero attached hydrogens (tertiary/aromatic N) is 2. The maximum absolute atomic E-state index is 8.55. The number of rotatable bonds is 3. The van der Waals surface area contributed by atoms with Gasteiger partial charge in [-0.3, -0.25) is 0 Å². The molecule has 0 aromatic carbocycles. The standard InChI is InChI=1S/C7H9N3OS/c8-4-5-7(9)10-6(12-5)2-1-3-11/h11H,1-3,9H2. The Morgan fingerprint density at radius 1 is 1.67 bits per heavy atom. The van der Waals surface area contributed by atoms with Gasteiger partial charge in [0.2, 0.25) is 0 Å². The maximum Gasteiger partial charge on any atom is 0.152 e. The van der Waals surface area contributed by atoms with E-state index in [0.29, 0.717) is 23.5 Å². The topological polar surface area (TPSA) is 82.9 Å². The van der Waals surface area contributed by atoms with Crippen molar-refractivity contribution in [2.24, 2.45) is 0 Å². The lowest BCUT2D eigenvalue weighted by Gasteiger charge is -1.89. The third kappa shape index (κ3) is 1.94. The van der Waals surface area contributed by atoms with Gasteiger partial charge in [-0.15, -0.1) is 11.3 Å². The lowest BCUT2D eigenvalue weighted by Crippen LogP contribution is -1.90. The minimum atomic E-state index is 0.140. The van der Waals surface area contributed by atoms with Crippen molar-refractivity contribution < 1.29 is 5.11 Å². The lowest BCUT2D eigenvalue weighted by molar-refractivity contribution is 0.288. The molecule has 4 nitrogen and oxygen atoms in total. The summed E-state index contributed by atoms with van der Waals surface area (Å²) in [6.45, 7) is 0.140. The second-order valence-corrected chi connectivity index (χ2v) is 3.34. The number of nitrogen functional groups attached to an aromatic ring is 1. The number of aromatic nitrogens is 1. The van der Waals surface area contributed by atoms with Crippen LogP contribution in [0, 0.1) is 11.3 Å². The summed E-state index contributed by atoms with van der Waals surface area (Å²) in [5.74, 6) is 0.301. The number of nitrogens with two attached hydrogens (primary N) is 1. The molecular formula is C7H9N3OS. The summed E-state index contributed by atoms with van der Waals surface area (Å²) in [6, 6.07) is 1.96. The first kappa shape index (κ1) is 8.97. The van der Waals surface area contributed by atoms with Crippen LogP contribution in [0.5, 0.6) is 0 Å². The number of aliphatic hydroxyl groups excluding tert-OH is 1. The largest absolute Gasteiger partial charge is 0.396 e. The average molecular weight is 183 g/mol. The maximum atomic E-state index is 8.55. The van der Waals surface area contributed by atoms with Crippen LogP contribution in [0.4, 0.5) is 5.82 Å². The first-order valence-corrected chi connectivity index (χ1v) is 4.35. The van der Waals surface area contributed by atoms with Crippen LogP contribution >= 0.6 is 11.3 Å². The minimum Gasteiger partial charge on any atom is -0.396 e. The van der Waals surface area contributed by atoms with Crippen molar-refractivity contribution in [1.82, 2.24) is 4.98 Å². The quantitative estimate of drug-likeness (QED) is 0.715. The predicted octanol–water partition coefficient (Wildman–Crippen LogP) is 0.522. The molecule has 0 aliphatic carbocycles. The van der Waals surface area contributed by atoms with Crippen molar-refractivity contribution in [3.8, 4) is 6.07 Å². The summed E-state index contributed by atoms with van der Waals surface area (Å²) in [4.78, 5) is 4.44. The van der Waals surface area contributed by atoms with Gasteiger partial charge in [0.05, 0.1) is 5.01 Å². The summed E-state index contributed by atoms with van der Waals surface area (Å²) in [5, 5.41) is 17.9. The van der Waals surface area contributed by atoms with E-state index in [1.807, 2.05) is 6.07 Å². The van der Waals surface area contributed by atoms with E-state index < -0.39 is 0 Å². The first-order chi connectivity index (χ1) is 5.77. The van der Waals surface area contributed by atoms with Gasteiger partial charge in [-0.2, -0.15) is 5.26 Å². The molecule has 0 bridgehead atoms. The Bertz CT molecular complexity index is 302. The van der Waals surface area contributed by atoms with Crippen LogP contribution in [0.1, 0.15) is 16.3 Å². The van der Waals surface area contributed by atoms with Crippen molar-refractivity contribution in [2.75, 3.05) is 12.3 Å². The monoisotopic (exact) mass is 183 g/mol. The number of hydrogen-bond donors (Lipinski definition) is 2. The van der Waals surface area contributed by atoms with E-state index >= 15 is 0 Å². The predicted molar refractivity (Wildman–Crippen MR) is 46.6 cm³/mol. The second kappa shape index (κ2) is 4.04. The Labute approximate surface area is 74.3 Å². The van der Waals surface area contributed by atoms with Crippen LogP contribution in [0.15, 0.2) is 0 Å². The van der Waals surface area contributed by atoms with Crippen LogP contribution < -0.4 is 5.73 Å². The molecule has 0 radical (unpaired) electrons. The zero-order valence-corrected chi connectivity index (χ0v) is 7.27. The molecule has 0 amide bonds. The second-order valence-electron chi connectivity index (χ2n) is 2.26. The molecule has 0 atom stereocenters. The van der Waals surface area contributed by atoms with E-state index in [2.05, 4.69) is 4.98 Å². The minimum absolute atomic E-state index is 0.140. The molecule has 0 fully saturated rings. The van der Waals surface area contributed by atoms with E-state index in [1.54, 1.807) is 0 Å². The molecule has 0 aliphatic rings. The number of thiazole rings is 1. The fourth-order valence-electron chi connectivity index (χ4n) is 0.795. The van der Waals surface area contributed by atoms with Crippen LogP contribution in [0.25, 0.3) is 0 Å². The Hall–Kier alpha value is -1.12. The van der Waals surface area contributed by atoms with Crippen LogP contribution in [0.2, 0.25) is 0 Å². The van der Waals surface area contributed by atoms with Crippen LogP contribution in [-0.4, -0.2) is 16.7 Å². The van der Waals surface area contributed by atoms with Crippen molar-refractivity contribution in [3.63, 3.8) is 0 Å². The number of aliphatic hydroxyl groups is 1. The molecule has 1 heterocycles. The summed E-state index contributed by atoms with van der Waals surface area (Å²) < 4.78 is 0. The van der Waals surface area contributed by atoms with E-state index in [9.17, 15) is 0 Å². The van der Waals surface area contributed by atoms with Gasteiger partial charge in [0, 0.05) is 13.0 Å². The third-order valence-corrected chi connectivity index (χ3v) is 2.38. The van der Waals surface area contributed by atoms with Crippen molar-refractivity contribution >= 4 is 17.2 Å². The molecule has 12 heavy (non-hydrogen) atoms. The summed E-state index contributed by atoms with van der Waals surface area (Å²) in [5.41, 5.74) is 5.44. The number of hydrogen-bond acceptors (Lipinski definition) is 5. The van der Waals surface area contributed by atoms with Gasteiger partial charge in [0.1, 0.15) is 10.9 Å². The van der Waals surface area contributed by atoms with E-state index in [4.69, 9.17) is 16.1 Å². The zero-order valence-electron chi connectivity index (χ0n) is 6.45. The molecule has 1 aromatic rings. The third-order valence-electron chi connectivity index (χ3n) is 1.35. The number of aryl methyl sites for hydroxylation is 1. The van der Waals surface area contributed by atoms with Crippen LogP contribution in [0.3, 0.4) is 0 Å². The van der Waals surface area contributed by atoms with Gasteiger partial charge in [-0.1, -0.05) is 0 Å². The van der Waals surface area contributed by atoms with Gasteiger partial charge in [-0.05, 0) is 6.42 Å². The Balaban J connectivity index is 2.70. The molecule has 64 valence electrons. The van der Waals surface area contributed by atoms with E-state index in [1.165, 1.54) is 11.3 Å². The summed E-state index contributed by atoms with van der Waals surface area (Å²) in [7, 11) is 0. The Kier molecular flexibility index (Phi) is 3.02. The molecule has 0 unspecified atom stereocenters. The van der Waals surface area contributed by atoms with Gasteiger partial charge in [0.15, 0.2) is 5.82 Å². The van der Waals surface area contributed by atoms with Crippen molar-refractivity contribution in [3.05, 3.63) is 9.88 Å². The normalized spacial score (nSPS) is 9.67. The average Bonchev–Trinajstić information content (AvgIpc) is 2.43. The first-order valence-electron chi connectivity index (χ1n) is 3.54. The highest BCUT2D eigenvalue weighted by Gasteiger charge is 2.06. The Morgan fingerprint density at radius 2 is 2.42 bits per heavy atom. The SMILES string of the molecule is N#Cc1sc(CCCO)nc1N. The highest BCUT2D eigenvalue weighted by Crippen LogP contribution is 2.20. The molecule has 5 heteroatoms. The smallest absolute Gasteiger partial charge is 0.152 e.